The maximum Gasteiger partial charge on any atom is 0.351 e. The van der Waals surface area contributed by atoms with Gasteiger partial charge < -0.3 is 14.8 Å². The molecule has 0 fully saturated rings. The van der Waals surface area contributed by atoms with Gasteiger partial charge in [0, 0.05) is 25.0 Å². The van der Waals surface area contributed by atoms with Crippen molar-refractivity contribution in [1.82, 2.24) is 24.6 Å². The summed E-state index contributed by atoms with van der Waals surface area (Å²) < 4.78 is 13.2. The van der Waals surface area contributed by atoms with E-state index in [0.29, 0.717) is 29.6 Å². The Balaban J connectivity index is 1.51. The van der Waals surface area contributed by atoms with Gasteiger partial charge in [0.2, 0.25) is 12.7 Å². The summed E-state index contributed by atoms with van der Waals surface area (Å²) in [7, 11) is 0. The van der Waals surface area contributed by atoms with Crippen LogP contribution in [0.15, 0.2) is 47.5 Å². The van der Waals surface area contributed by atoms with Crippen molar-refractivity contribution in [2.24, 2.45) is 0 Å². The lowest BCUT2D eigenvalue weighted by molar-refractivity contribution is -0.122. The van der Waals surface area contributed by atoms with Crippen LogP contribution in [0.25, 0.3) is 5.69 Å². The first-order valence-corrected chi connectivity index (χ1v) is 8.34. The molecule has 1 N–H and O–H groups in total. The minimum absolute atomic E-state index is 0.156. The first-order valence-electron chi connectivity index (χ1n) is 8.34. The Labute approximate surface area is 154 Å². The highest BCUT2D eigenvalue weighted by molar-refractivity contribution is 5.75. The SMILES string of the molecule is Cc1nn(CC(=O)NCc2cccnc2)c(=O)n1-c1ccc2c(c1)OCO2. The second-order valence-electron chi connectivity index (χ2n) is 6.00. The molecule has 0 saturated heterocycles. The average Bonchev–Trinajstić information content (AvgIpc) is 3.24. The van der Waals surface area contributed by atoms with Crippen molar-refractivity contribution in [2.45, 2.75) is 20.0 Å². The van der Waals surface area contributed by atoms with Crippen molar-refractivity contribution >= 4 is 5.91 Å². The molecule has 4 rings (SSSR count). The van der Waals surface area contributed by atoms with Crippen LogP contribution in [0.3, 0.4) is 0 Å². The van der Waals surface area contributed by atoms with Crippen LogP contribution in [0.2, 0.25) is 0 Å². The molecule has 0 unspecified atom stereocenters. The summed E-state index contributed by atoms with van der Waals surface area (Å²) in [6.45, 7) is 2.03. The zero-order valence-corrected chi connectivity index (χ0v) is 14.6. The van der Waals surface area contributed by atoms with Crippen LogP contribution in [0.5, 0.6) is 11.5 Å². The minimum Gasteiger partial charge on any atom is -0.454 e. The Morgan fingerprint density at radius 3 is 2.93 bits per heavy atom. The molecule has 2 aromatic heterocycles. The molecule has 27 heavy (non-hydrogen) atoms. The fourth-order valence-corrected chi connectivity index (χ4v) is 2.84. The summed E-state index contributed by atoms with van der Waals surface area (Å²) in [6.07, 6.45) is 3.33. The van der Waals surface area contributed by atoms with Crippen LogP contribution in [0, 0.1) is 6.92 Å². The quantitative estimate of drug-likeness (QED) is 0.715. The van der Waals surface area contributed by atoms with Gasteiger partial charge in [-0.15, -0.1) is 0 Å². The Kier molecular flexibility index (Phi) is 4.33. The molecule has 1 aliphatic rings. The van der Waals surface area contributed by atoms with E-state index >= 15 is 0 Å². The van der Waals surface area contributed by atoms with Crippen molar-refractivity contribution in [1.29, 1.82) is 0 Å². The topological polar surface area (TPSA) is 100 Å². The Morgan fingerprint density at radius 1 is 1.26 bits per heavy atom. The minimum atomic E-state index is -0.400. The first kappa shape index (κ1) is 16.8. The zero-order chi connectivity index (χ0) is 18.8. The van der Waals surface area contributed by atoms with E-state index in [0.717, 1.165) is 10.2 Å². The summed E-state index contributed by atoms with van der Waals surface area (Å²) >= 11 is 0. The number of hydrogen-bond acceptors (Lipinski definition) is 6. The van der Waals surface area contributed by atoms with Crippen LogP contribution >= 0.6 is 0 Å². The summed E-state index contributed by atoms with van der Waals surface area (Å²) in [6, 6.07) is 8.85. The Hall–Kier alpha value is -3.62. The molecule has 0 saturated carbocycles. The third kappa shape index (κ3) is 3.39. The molecule has 0 radical (unpaired) electrons. The number of fused-ring (bicyclic) bond motifs is 1. The molecule has 1 amide bonds. The number of amides is 1. The van der Waals surface area contributed by atoms with E-state index in [1.165, 1.54) is 4.57 Å². The number of nitrogens with zero attached hydrogens (tertiary/aromatic N) is 4. The van der Waals surface area contributed by atoms with Gasteiger partial charge in [0.05, 0.1) is 5.69 Å². The number of carbonyl (C=O) groups excluding carboxylic acids is 1. The van der Waals surface area contributed by atoms with Crippen molar-refractivity contribution in [3.63, 3.8) is 0 Å². The number of aromatic nitrogens is 4. The average molecular weight is 367 g/mol. The third-order valence-electron chi connectivity index (χ3n) is 4.12. The normalized spacial score (nSPS) is 12.2. The Bertz CT molecular complexity index is 1040. The molecule has 1 aromatic carbocycles. The number of aryl methyl sites for hydroxylation is 1. The van der Waals surface area contributed by atoms with Gasteiger partial charge in [-0.1, -0.05) is 6.07 Å². The predicted octanol–water partition coefficient (Wildman–Crippen LogP) is 0.783. The van der Waals surface area contributed by atoms with Crippen molar-refractivity contribution in [2.75, 3.05) is 6.79 Å². The summed E-state index contributed by atoms with van der Waals surface area (Å²) in [5, 5.41) is 6.95. The molecule has 1 aliphatic heterocycles. The van der Waals surface area contributed by atoms with Gasteiger partial charge in [-0.05, 0) is 30.7 Å². The molecule has 138 valence electrons. The van der Waals surface area contributed by atoms with Crippen LogP contribution in [-0.2, 0) is 17.9 Å². The summed E-state index contributed by atoms with van der Waals surface area (Å²) in [4.78, 5) is 28.9. The van der Waals surface area contributed by atoms with E-state index in [9.17, 15) is 9.59 Å². The number of rotatable bonds is 5. The van der Waals surface area contributed by atoms with Gasteiger partial charge in [-0.3, -0.25) is 9.78 Å². The number of pyridine rings is 1. The van der Waals surface area contributed by atoms with Crippen molar-refractivity contribution in [3.05, 3.63) is 64.6 Å². The largest absolute Gasteiger partial charge is 0.454 e. The van der Waals surface area contributed by atoms with E-state index in [1.807, 2.05) is 6.07 Å². The highest BCUT2D eigenvalue weighted by atomic mass is 16.7. The van der Waals surface area contributed by atoms with E-state index in [2.05, 4.69) is 15.4 Å². The van der Waals surface area contributed by atoms with E-state index in [-0.39, 0.29) is 19.2 Å². The Morgan fingerprint density at radius 2 is 2.11 bits per heavy atom. The smallest absolute Gasteiger partial charge is 0.351 e. The highest BCUT2D eigenvalue weighted by Gasteiger charge is 2.18. The molecule has 0 aliphatic carbocycles. The number of benzene rings is 1. The molecular weight excluding hydrogens is 350 g/mol. The fourth-order valence-electron chi connectivity index (χ4n) is 2.84. The van der Waals surface area contributed by atoms with Gasteiger partial charge in [0.25, 0.3) is 0 Å². The summed E-state index contributed by atoms with van der Waals surface area (Å²) in [5.41, 5.74) is 1.08. The fraction of sp³-hybridized carbons (Fsp3) is 0.222. The molecule has 3 aromatic rings. The van der Waals surface area contributed by atoms with E-state index < -0.39 is 5.69 Å². The lowest BCUT2D eigenvalue weighted by atomic mass is 10.2. The molecular formula is C18H17N5O4. The number of ether oxygens (including phenoxy) is 2. The van der Waals surface area contributed by atoms with Gasteiger partial charge in [-0.25, -0.2) is 14.0 Å². The second-order valence-corrected chi connectivity index (χ2v) is 6.00. The van der Waals surface area contributed by atoms with Crippen LogP contribution in [-0.4, -0.2) is 32.0 Å². The van der Waals surface area contributed by atoms with Crippen molar-refractivity contribution < 1.29 is 14.3 Å². The standard InChI is InChI=1S/C18H17N5O4/c1-12-21-22(10-17(24)20-9-13-3-2-6-19-8-13)18(25)23(12)14-4-5-15-16(7-14)27-11-26-15/h2-8H,9-11H2,1H3,(H,20,24). The zero-order valence-electron chi connectivity index (χ0n) is 14.6. The van der Waals surface area contributed by atoms with E-state index in [1.54, 1.807) is 43.6 Å². The van der Waals surface area contributed by atoms with Gasteiger partial charge in [0.15, 0.2) is 11.5 Å². The van der Waals surface area contributed by atoms with Crippen LogP contribution in [0.4, 0.5) is 0 Å². The number of nitrogens with one attached hydrogen (secondary N) is 1. The third-order valence-corrected chi connectivity index (χ3v) is 4.12. The summed E-state index contributed by atoms with van der Waals surface area (Å²) in [5.74, 6) is 1.36. The highest BCUT2D eigenvalue weighted by Crippen LogP contribution is 2.33. The molecule has 0 atom stereocenters. The second kappa shape index (κ2) is 6.94. The van der Waals surface area contributed by atoms with E-state index in [4.69, 9.17) is 9.47 Å². The molecule has 9 heteroatoms. The molecule has 0 spiro atoms. The van der Waals surface area contributed by atoms with Gasteiger partial charge in [-0.2, -0.15) is 5.10 Å². The maximum absolute atomic E-state index is 12.7. The molecule has 9 nitrogen and oxygen atoms in total. The lowest BCUT2D eigenvalue weighted by Gasteiger charge is -2.05. The predicted molar refractivity (Wildman–Crippen MR) is 94.8 cm³/mol. The molecule has 0 bridgehead atoms. The van der Waals surface area contributed by atoms with Gasteiger partial charge >= 0.3 is 5.69 Å². The lowest BCUT2D eigenvalue weighted by Crippen LogP contribution is -2.33. The van der Waals surface area contributed by atoms with Gasteiger partial charge in [0.1, 0.15) is 12.4 Å². The molecule has 3 heterocycles. The first-order chi connectivity index (χ1) is 13.1. The number of hydrogen-bond donors (Lipinski definition) is 1. The van der Waals surface area contributed by atoms with Crippen LogP contribution in [0.1, 0.15) is 11.4 Å². The monoisotopic (exact) mass is 367 g/mol. The van der Waals surface area contributed by atoms with Crippen LogP contribution < -0.4 is 20.5 Å². The maximum atomic E-state index is 12.7. The van der Waals surface area contributed by atoms with Crippen molar-refractivity contribution in [3.8, 4) is 17.2 Å². The number of carbonyl (C=O) groups is 1.